The fourth-order valence-electron chi connectivity index (χ4n) is 2.77. The van der Waals surface area contributed by atoms with E-state index in [-0.39, 0.29) is 18.4 Å². The molecule has 0 aliphatic carbocycles. The summed E-state index contributed by atoms with van der Waals surface area (Å²) in [4.78, 5) is 26.6. The zero-order valence-corrected chi connectivity index (χ0v) is 16.8. The Labute approximate surface area is 161 Å². The molecule has 27 heavy (non-hydrogen) atoms. The lowest BCUT2D eigenvalue weighted by Crippen LogP contribution is -2.43. The molecule has 0 aliphatic rings. The minimum absolute atomic E-state index is 0.135. The van der Waals surface area contributed by atoms with Crippen LogP contribution in [0.25, 0.3) is 0 Å². The van der Waals surface area contributed by atoms with Crippen molar-refractivity contribution >= 4 is 23.2 Å². The Bertz CT molecular complexity index is 817. The van der Waals surface area contributed by atoms with Crippen LogP contribution in [0.3, 0.4) is 0 Å². The lowest BCUT2D eigenvalue weighted by Gasteiger charge is -2.23. The molecule has 5 heteroatoms. The van der Waals surface area contributed by atoms with Crippen molar-refractivity contribution < 1.29 is 9.59 Å². The number of para-hydroxylation sites is 1. The van der Waals surface area contributed by atoms with E-state index in [0.29, 0.717) is 0 Å². The van der Waals surface area contributed by atoms with E-state index in [1.165, 1.54) is 5.56 Å². The maximum atomic E-state index is 12.5. The number of amides is 2. The number of nitrogens with zero attached hydrogens (tertiary/aromatic N) is 1. The largest absolute Gasteiger partial charge is 0.325 e. The number of likely N-dealkylation sites (N-methyl/N-ethyl adjacent to an activating group) is 1. The Morgan fingerprint density at radius 1 is 1.04 bits per heavy atom. The molecule has 0 heterocycles. The highest BCUT2D eigenvalue weighted by atomic mass is 16.2. The molecule has 0 aromatic heterocycles. The molecule has 1 unspecified atom stereocenters. The van der Waals surface area contributed by atoms with Gasteiger partial charge in [0.05, 0.1) is 12.6 Å². The van der Waals surface area contributed by atoms with Gasteiger partial charge in [-0.25, -0.2) is 0 Å². The summed E-state index contributed by atoms with van der Waals surface area (Å²) in [5, 5.41) is 5.86. The van der Waals surface area contributed by atoms with Gasteiger partial charge in [0.15, 0.2) is 0 Å². The molecule has 1 atom stereocenters. The highest BCUT2D eigenvalue weighted by Gasteiger charge is 2.20. The molecule has 0 spiro atoms. The van der Waals surface area contributed by atoms with Gasteiger partial charge >= 0.3 is 0 Å². The number of hydrogen-bond donors (Lipinski definition) is 2. The van der Waals surface area contributed by atoms with Crippen LogP contribution in [0.5, 0.6) is 0 Å². The maximum Gasteiger partial charge on any atom is 0.241 e. The summed E-state index contributed by atoms with van der Waals surface area (Å²) in [5.41, 5.74) is 4.99. The minimum atomic E-state index is -0.432. The molecule has 0 saturated carbocycles. The van der Waals surface area contributed by atoms with E-state index in [9.17, 15) is 9.59 Å². The Morgan fingerprint density at radius 2 is 1.74 bits per heavy atom. The van der Waals surface area contributed by atoms with Crippen LogP contribution in [-0.2, 0) is 16.0 Å². The predicted molar refractivity (Wildman–Crippen MR) is 111 cm³/mol. The fourth-order valence-corrected chi connectivity index (χ4v) is 2.77. The van der Waals surface area contributed by atoms with Gasteiger partial charge in [0, 0.05) is 11.4 Å². The van der Waals surface area contributed by atoms with Crippen LogP contribution in [0.15, 0.2) is 42.5 Å². The second kappa shape index (κ2) is 9.33. The van der Waals surface area contributed by atoms with E-state index in [2.05, 4.69) is 17.6 Å². The molecule has 0 bridgehead atoms. The SMILES string of the molecule is CCc1ccccc1NC(=O)CN(C)C(C)C(=O)Nc1ccc(C)c(C)c1. The molecule has 2 N–H and O–H groups in total. The number of hydrogen-bond acceptors (Lipinski definition) is 3. The first-order valence-corrected chi connectivity index (χ1v) is 9.28. The van der Waals surface area contributed by atoms with Crippen LogP contribution in [0.1, 0.15) is 30.5 Å². The summed E-state index contributed by atoms with van der Waals surface area (Å²) < 4.78 is 0. The average molecular weight is 367 g/mol. The molecule has 0 radical (unpaired) electrons. The van der Waals surface area contributed by atoms with Gasteiger partial charge in [-0.1, -0.05) is 31.2 Å². The molecule has 2 aromatic rings. The van der Waals surface area contributed by atoms with Crippen molar-refractivity contribution in [2.75, 3.05) is 24.2 Å². The van der Waals surface area contributed by atoms with E-state index in [1.807, 2.05) is 56.3 Å². The molecule has 0 aliphatic heterocycles. The van der Waals surface area contributed by atoms with Crippen molar-refractivity contribution in [1.82, 2.24) is 4.90 Å². The van der Waals surface area contributed by atoms with Crippen molar-refractivity contribution in [2.45, 2.75) is 40.2 Å². The number of rotatable bonds is 7. The number of aryl methyl sites for hydroxylation is 3. The summed E-state index contributed by atoms with van der Waals surface area (Å²) in [6.07, 6.45) is 0.848. The zero-order chi connectivity index (χ0) is 20.0. The summed E-state index contributed by atoms with van der Waals surface area (Å²) in [5.74, 6) is -0.272. The monoisotopic (exact) mass is 367 g/mol. The first-order chi connectivity index (χ1) is 12.8. The van der Waals surface area contributed by atoms with Gasteiger partial charge in [0.25, 0.3) is 0 Å². The second-order valence-corrected chi connectivity index (χ2v) is 6.94. The summed E-state index contributed by atoms with van der Waals surface area (Å²) in [6, 6.07) is 13.1. The van der Waals surface area contributed by atoms with Crippen molar-refractivity contribution in [3.05, 3.63) is 59.2 Å². The first-order valence-electron chi connectivity index (χ1n) is 9.28. The Hall–Kier alpha value is -2.66. The molecule has 2 rings (SSSR count). The van der Waals surface area contributed by atoms with E-state index in [4.69, 9.17) is 0 Å². The molecule has 0 fully saturated rings. The number of benzene rings is 2. The molecular formula is C22H29N3O2. The third-order valence-corrected chi connectivity index (χ3v) is 4.88. The molecule has 2 amide bonds. The van der Waals surface area contributed by atoms with Crippen LogP contribution in [0.4, 0.5) is 11.4 Å². The molecular weight excluding hydrogens is 338 g/mol. The average Bonchev–Trinajstić information content (AvgIpc) is 2.64. The first kappa shape index (κ1) is 20.6. The number of nitrogens with one attached hydrogen (secondary N) is 2. The van der Waals surface area contributed by atoms with E-state index in [1.54, 1.807) is 18.9 Å². The summed E-state index contributed by atoms with van der Waals surface area (Å²) in [7, 11) is 1.77. The van der Waals surface area contributed by atoms with Crippen LogP contribution < -0.4 is 10.6 Å². The molecule has 5 nitrogen and oxygen atoms in total. The van der Waals surface area contributed by atoms with Gasteiger partial charge in [-0.05, 0) is 69.1 Å². The highest BCUT2D eigenvalue weighted by molar-refractivity contribution is 5.96. The van der Waals surface area contributed by atoms with E-state index >= 15 is 0 Å². The van der Waals surface area contributed by atoms with E-state index in [0.717, 1.165) is 28.9 Å². The molecule has 2 aromatic carbocycles. The second-order valence-electron chi connectivity index (χ2n) is 6.94. The smallest absolute Gasteiger partial charge is 0.241 e. The lowest BCUT2D eigenvalue weighted by atomic mass is 10.1. The van der Waals surface area contributed by atoms with E-state index < -0.39 is 6.04 Å². The van der Waals surface area contributed by atoms with Crippen molar-refractivity contribution in [1.29, 1.82) is 0 Å². The van der Waals surface area contributed by atoms with Gasteiger partial charge in [-0.15, -0.1) is 0 Å². The van der Waals surface area contributed by atoms with Gasteiger partial charge < -0.3 is 10.6 Å². The Morgan fingerprint density at radius 3 is 2.41 bits per heavy atom. The van der Waals surface area contributed by atoms with Crippen molar-refractivity contribution in [2.24, 2.45) is 0 Å². The van der Waals surface area contributed by atoms with Gasteiger partial charge in [-0.3, -0.25) is 14.5 Å². The molecule has 144 valence electrons. The van der Waals surface area contributed by atoms with Crippen molar-refractivity contribution in [3.63, 3.8) is 0 Å². The third kappa shape index (κ3) is 5.66. The third-order valence-electron chi connectivity index (χ3n) is 4.88. The Balaban J connectivity index is 1.93. The highest BCUT2D eigenvalue weighted by Crippen LogP contribution is 2.16. The van der Waals surface area contributed by atoms with Gasteiger partial charge in [-0.2, -0.15) is 0 Å². The number of anilines is 2. The van der Waals surface area contributed by atoms with Gasteiger partial charge in [0.1, 0.15) is 0 Å². The van der Waals surface area contributed by atoms with Crippen molar-refractivity contribution in [3.8, 4) is 0 Å². The summed E-state index contributed by atoms with van der Waals surface area (Å²) in [6.45, 7) is 8.03. The van der Waals surface area contributed by atoms with Crippen LogP contribution in [-0.4, -0.2) is 36.3 Å². The standard InChI is InChI=1S/C22H29N3O2/c1-6-18-9-7-8-10-20(18)24-21(26)14-25(5)17(4)22(27)23-19-12-11-15(2)16(3)13-19/h7-13,17H,6,14H2,1-5H3,(H,23,27)(H,24,26). The minimum Gasteiger partial charge on any atom is -0.325 e. The summed E-state index contributed by atoms with van der Waals surface area (Å²) >= 11 is 0. The molecule has 0 saturated heterocycles. The van der Waals surface area contributed by atoms with Gasteiger partial charge in [0.2, 0.25) is 11.8 Å². The van der Waals surface area contributed by atoms with Crippen LogP contribution in [0.2, 0.25) is 0 Å². The normalized spacial score (nSPS) is 11.9. The lowest BCUT2D eigenvalue weighted by molar-refractivity contribution is -0.122. The predicted octanol–water partition coefficient (Wildman–Crippen LogP) is 3.76. The topological polar surface area (TPSA) is 61.4 Å². The maximum absolute atomic E-state index is 12.5. The number of carbonyl (C=O) groups is 2. The van der Waals surface area contributed by atoms with Crippen LogP contribution >= 0.6 is 0 Å². The van der Waals surface area contributed by atoms with Crippen LogP contribution in [0, 0.1) is 13.8 Å². The quantitative estimate of drug-likeness (QED) is 0.783. The fraction of sp³-hybridized carbons (Fsp3) is 0.364. The Kier molecular flexibility index (Phi) is 7.13. The zero-order valence-electron chi connectivity index (χ0n) is 16.8. The number of carbonyl (C=O) groups excluding carboxylic acids is 2.